The second-order valence-corrected chi connectivity index (χ2v) is 3.34. The molecule has 0 saturated carbocycles. The maximum Gasteiger partial charge on any atom is 0.263 e. The van der Waals surface area contributed by atoms with E-state index in [4.69, 9.17) is 12.2 Å². The molecule has 0 aliphatic heterocycles. The average Bonchev–Trinajstić information content (AvgIpc) is 2.08. The predicted molar refractivity (Wildman–Crippen MR) is 55.9 cm³/mol. The summed E-state index contributed by atoms with van der Waals surface area (Å²) < 4.78 is 0. The van der Waals surface area contributed by atoms with Crippen molar-refractivity contribution in [1.82, 2.24) is 4.98 Å². The summed E-state index contributed by atoms with van der Waals surface area (Å²) in [4.78, 5) is 15.4. The number of amides is 1. The van der Waals surface area contributed by atoms with Crippen LogP contribution in [-0.4, -0.2) is 15.8 Å². The van der Waals surface area contributed by atoms with Crippen LogP contribution in [0.4, 0.5) is 5.82 Å². The Morgan fingerprint density at radius 3 is 2.69 bits per heavy atom. The van der Waals surface area contributed by atoms with E-state index in [1.807, 2.05) is 13.0 Å². The first-order valence-electron chi connectivity index (χ1n) is 3.84. The Morgan fingerprint density at radius 1 is 1.54 bits per heavy atom. The summed E-state index contributed by atoms with van der Waals surface area (Å²) in [7, 11) is 0. The van der Waals surface area contributed by atoms with Crippen molar-refractivity contribution in [3.8, 4) is 0 Å². The number of anilines is 1. The molecular formula is C9H10N2OS. The number of nitrogens with one attached hydrogen (secondary N) is 1. The van der Waals surface area contributed by atoms with Crippen LogP contribution in [0.3, 0.4) is 0 Å². The Hall–Kier alpha value is -1.29. The van der Waals surface area contributed by atoms with Crippen LogP contribution in [-0.2, 0) is 4.79 Å². The summed E-state index contributed by atoms with van der Waals surface area (Å²) in [6.07, 6.45) is 1.69. The highest BCUT2D eigenvalue weighted by Gasteiger charge is 2.03. The van der Waals surface area contributed by atoms with Gasteiger partial charge in [-0.15, -0.1) is 0 Å². The van der Waals surface area contributed by atoms with Gasteiger partial charge < -0.3 is 5.32 Å². The maximum absolute atomic E-state index is 11.1. The van der Waals surface area contributed by atoms with Crippen LogP contribution >= 0.6 is 12.2 Å². The van der Waals surface area contributed by atoms with Gasteiger partial charge in [-0.1, -0.05) is 18.3 Å². The van der Waals surface area contributed by atoms with Gasteiger partial charge in [0.15, 0.2) is 0 Å². The summed E-state index contributed by atoms with van der Waals surface area (Å²) in [5.41, 5.74) is 1.05. The molecule has 0 aromatic carbocycles. The lowest BCUT2D eigenvalue weighted by atomic mass is 10.3. The van der Waals surface area contributed by atoms with Crippen molar-refractivity contribution in [2.75, 3.05) is 5.32 Å². The maximum atomic E-state index is 11.1. The molecule has 0 bridgehead atoms. The number of carbonyl (C=O) groups is 1. The molecule has 0 unspecified atom stereocenters. The van der Waals surface area contributed by atoms with E-state index in [1.165, 1.54) is 0 Å². The molecule has 1 rings (SSSR count). The summed E-state index contributed by atoms with van der Waals surface area (Å²) in [6, 6.07) is 3.62. The first-order valence-corrected chi connectivity index (χ1v) is 4.25. The second-order valence-electron chi connectivity index (χ2n) is 2.73. The largest absolute Gasteiger partial charge is 0.306 e. The highest BCUT2D eigenvalue weighted by molar-refractivity contribution is 7.82. The molecule has 0 fully saturated rings. The molecular weight excluding hydrogens is 184 g/mol. The fraction of sp³-hybridized carbons (Fsp3) is 0.222. The van der Waals surface area contributed by atoms with E-state index in [0.717, 1.165) is 5.56 Å². The summed E-state index contributed by atoms with van der Waals surface area (Å²) in [5, 5.41) is 2.58. The van der Waals surface area contributed by atoms with Gasteiger partial charge in [0.05, 0.1) is 4.86 Å². The van der Waals surface area contributed by atoms with Crippen molar-refractivity contribution in [2.45, 2.75) is 13.8 Å². The normalized spacial score (nSPS) is 9.38. The average molecular weight is 194 g/mol. The molecule has 1 heterocycles. The van der Waals surface area contributed by atoms with Crippen molar-refractivity contribution in [2.24, 2.45) is 0 Å². The Bertz CT molecular complexity index is 332. The fourth-order valence-electron chi connectivity index (χ4n) is 0.746. The van der Waals surface area contributed by atoms with Crippen molar-refractivity contribution >= 4 is 28.8 Å². The first kappa shape index (κ1) is 9.80. The minimum absolute atomic E-state index is 0.272. The van der Waals surface area contributed by atoms with Gasteiger partial charge in [0, 0.05) is 6.20 Å². The Kier molecular flexibility index (Phi) is 3.08. The molecule has 0 spiro atoms. The number of nitrogens with zero attached hydrogens (tertiary/aromatic N) is 1. The molecule has 3 nitrogen and oxygen atoms in total. The smallest absolute Gasteiger partial charge is 0.263 e. The van der Waals surface area contributed by atoms with E-state index in [1.54, 1.807) is 19.2 Å². The van der Waals surface area contributed by atoms with Gasteiger partial charge in [-0.3, -0.25) is 4.79 Å². The lowest BCUT2D eigenvalue weighted by Gasteiger charge is -2.02. The summed E-state index contributed by atoms with van der Waals surface area (Å²) >= 11 is 4.70. The molecule has 0 atom stereocenters. The summed E-state index contributed by atoms with van der Waals surface area (Å²) in [5.74, 6) is 0.256. The number of hydrogen-bond donors (Lipinski definition) is 1. The standard InChI is InChI=1S/C9H10N2OS/c1-6-3-4-8(10-5-6)11-9(12)7(2)13/h3-5H,1-2H3,(H,10,11,12). The molecule has 1 N–H and O–H groups in total. The van der Waals surface area contributed by atoms with E-state index >= 15 is 0 Å². The number of aryl methyl sites for hydroxylation is 1. The molecule has 68 valence electrons. The number of pyridine rings is 1. The lowest BCUT2D eigenvalue weighted by molar-refractivity contribution is -0.110. The predicted octanol–water partition coefficient (Wildman–Crippen LogP) is 1.72. The monoisotopic (exact) mass is 194 g/mol. The third-order valence-electron chi connectivity index (χ3n) is 1.47. The van der Waals surface area contributed by atoms with Crippen LogP contribution < -0.4 is 5.32 Å². The Labute approximate surface area is 82.2 Å². The van der Waals surface area contributed by atoms with Crippen molar-refractivity contribution in [1.29, 1.82) is 0 Å². The van der Waals surface area contributed by atoms with Gasteiger partial charge in [0.2, 0.25) is 0 Å². The third-order valence-corrected chi connectivity index (χ3v) is 1.66. The minimum atomic E-state index is -0.272. The topological polar surface area (TPSA) is 42.0 Å². The zero-order chi connectivity index (χ0) is 9.84. The molecule has 1 aromatic rings. The number of hydrogen-bond acceptors (Lipinski definition) is 3. The van der Waals surface area contributed by atoms with E-state index in [9.17, 15) is 4.79 Å². The van der Waals surface area contributed by atoms with Crippen LogP contribution in [0, 0.1) is 6.92 Å². The van der Waals surface area contributed by atoms with Gasteiger partial charge in [0.25, 0.3) is 5.91 Å². The molecule has 1 aromatic heterocycles. The number of thiocarbonyl (C=S) groups is 1. The molecule has 0 radical (unpaired) electrons. The second kappa shape index (κ2) is 4.09. The van der Waals surface area contributed by atoms with Crippen LogP contribution in [0.15, 0.2) is 18.3 Å². The van der Waals surface area contributed by atoms with Gasteiger partial charge >= 0.3 is 0 Å². The molecule has 0 aliphatic carbocycles. The third kappa shape index (κ3) is 2.91. The van der Waals surface area contributed by atoms with Crippen LogP contribution in [0.5, 0.6) is 0 Å². The summed E-state index contributed by atoms with van der Waals surface area (Å²) in [6.45, 7) is 3.52. The van der Waals surface area contributed by atoms with Crippen molar-refractivity contribution in [3.05, 3.63) is 23.9 Å². The van der Waals surface area contributed by atoms with Gasteiger partial charge in [-0.25, -0.2) is 4.98 Å². The van der Waals surface area contributed by atoms with Gasteiger partial charge in [-0.05, 0) is 25.5 Å². The number of aromatic nitrogens is 1. The van der Waals surface area contributed by atoms with E-state index in [-0.39, 0.29) is 5.91 Å². The molecule has 1 amide bonds. The van der Waals surface area contributed by atoms with Crippen molar-refractivity contribution < 1.29 is 4.79 Å². The van der Waals surface area contributed by atoms with Crippen LogP contribution in [0.1, 0.15) is 12.5 Å². The van der Waals surface area contributed by atoms with Crippen molar-refractivity contribution in [3.63, 3.8) is 0 Å². The lowest BCUT2D eigenvalue weighted by Crippen LogP contribution is -2.18. The zero-order valence-corrected chi connectivity index (χ0v) is 8.31. The zero-order valence-electron chi connectivity index (χ0n) is 7.50. The minimum Gasteiger partial charge on any atom is -0.306 e. The Balaban J connectivity index is 2.70. The number of carbonyl (C=O) groups excluding carboxylic acids is 1. The number of rotatable bonds is 2. The highest BCUT2D eigenvalue weighted by Crippen LogP contribution is 2.03. The van der Waals surface area contributed by atoms with Crippen LogP contribution in [0.2, 0.25) is 0 Å². The van der Waals surface area contributed by atoms with Gasteiger partial charge in [-0.2, -0.15) is 0 Å². The van der Waals surface area contributed by atoms with Gasteiger partial charge in [0.1, 0.15) is 5.82 Å². The van der Waals surface area contributed by atoms with E-state index in [0.29, 0.717) is 10.7 Å². The molecule has 0 saturated heterocycles. The molecule has 4 heteroatoms. The highest BCUT2D eigenvalue weighted by atomic mass is 32.1. The Morgan fingerprint density at radius 2 is 2.23 bits per heavy atom. The van der Waals surface area contributed by atoms with Crippen LogP contribution in [0.25, 0.3) is 0 Å². The van der Waals surface area contributed by atoms with E-state index < -0.39 is 0 Å². The fourth-order valence-corrected chi connectivity index (χ4v) is 0.797. The first-order chi connectivity index (χ1) is 6.09. The molecule has 0 aliphatic rings. The quantitative estimate of drug-likeness (QED) is 0.729. The molecule has 13 heavy (non-hydrogen) atoms. The van der Waals surface area contributed by atoms with E-state index in [2.05, 4.69) is 10.3 Å². The SMILES string of the molecule is CC(=S)C(=O)Nc1ccc(C)cn1.